The first-order valence-corrected chi connectivity index (χ1v) is 9.24. The van der Waals surface area contributed by atoms with Gasteiger partial charge in [0.15, 0.2) is 5.76 Å². The van der Waals surface area contributed by atoms with Gasteiger partial charge in [-0.15, -0.1) is 0 Å². The van der Waals surface area contributed by atoms with Gasteiger partial charge in [0.05, 0.1) is 20.3 Å². The summed E-state index contributed by atoms with van der Waals surface area (Å²) in [5, 5.41) is 10.8. The zero-order valence-corrected chi connectivity index (χ0v) is 16.2. The van der Waals surface area contributed by atoms with E-state index in [4.69, 9.17) is 9.47 Å². The van der Waals surface area contributed by atoms with Crippen molar-refractivity contribution in [3.05, 3.63) is 95.7 Å². The van der Waals surface area contributed by atoms with Gasteiger partial charge in [0.2, 0.25) is 0 Å². The normalized spacial score (nSPS) is 16.3. The summed E-state index contributed by atoms with van der Waals surface area (Å²) in [6.07, 6.45) is 0. The second-order valence-corrected chi connectivity index (χ2v) is 6.68. The molecular weight excluding hydrogens is 366 g/mol. The van der Waals surface area contributed by atoms with Gasteiger partial charge in [0, 0.05) is 11.3 Å². The maximum Gasteiger partial charge on any atom is 0.294 e. The van der Waals surface area contributed by atoms with Gasteiger partial charge in [-0.2, -0.15) is 0 Å². The third-order valence-corrected chi connectivity index (χ3v) is 5.08. The fourth-order valence-corrected chi connectivity index (χ4v) is 3.63. The van der Waals surface area contributed by atoms with Crippen LogP contribution in [0.1, 0.15) is 17.2 Å². The highest BCUT2D eigenvalue weighted by molar-refractivity contribution is 6.16. The standard InChI is InChI=1S/C24H21NO4/c1-28-19-12-8-16(9-13-19)21-22(17-6-4-3-5-7-17)25(24(27)23(21)26)18-10-14-20(29-2)15-11-18/h3-15,22,26H,1-2H3. The van der Waals surface area contributed by atoms with Gasteiger partial charge in [-0.05, 0) is 47.5 Å². The molecule has 0 saturated heterocycles. The van der Waals surface area contributed by atoms with E-state index in [-0.39, 0.29) is 5.76 Å². The summed E-state index contributed by atoms with van der Waals surface area (Å²) in [5.74, 6) is 0.723. The molecule has 5 heteroatoms. The Labute approximate surface area is 169 Å². The van der Waals surface area contributed by atoms with E-state index in [2.05, 4.69) is 0 Å². The summed E-state index contributed by atoms with van der Waals surface area (Å²) in [4.78, 5) is 14.7. The van der Waals surface area contributed by atoms with Crippen molar-refractivity contribution in [2.75, 3.05) is 19.1 Å². The number of carbonyl (C=O) groups is 1. The lowest BCUT2D eigenvalue weighted by atomic mass is 9.93. The lowest BCUT2D eigenvalue weighted by molar-refractivity contribution is -0.117. The van der Waals surface area contributed by atoms with Crippen molar-refractivity contribution in [3.63, 3.8) is 0 Å². The minimum atomic E-state index is -0.453. The average Bonchev–Trinajstić information content (AvgIpc) is 3.05. The predicted molar refractivity (Wildman–Crippen MR) is 112 cm³/mol. The SMILES string of the molecule is COc1ccc(C2=C(O)C(=O)N(c3ccc(OC)cc3)C2c2ccccc2)cc1. The number of methoxy groups -OCH3 is 2. The Hall–Kier alpha value is -3.73. The smallest absolute Gasteiger partial charge is 0.294 e. The van der Waals surface area contributed by atoms with Crippen molar-refractivity contribution in [3.8, 4) is 11.5 Å². The molecule has 0 radical (unpaired) electrons. The van der Waals surface area contributed by atoms with E-state index < -0.39 is 11.9 Å². The molecule has 29 heavy (non-hydrogen) atoms. The van der Waals surface area contributed by atoms with Gasteiger partial charge >= 0.3 is 0 Å². The van der Waals surface area contributed by atoms with Gasteiger partial charge in [0.1, 0.15) is 11.5 Å². The van der Waals surface area contributed by atoms with Crippen LogP contribution >= 0.6 is 0 Å². The maximum atomic E-state index is 13.1. The van der Waals surface area contributed by atoms with E-state index in [1.807, 2.05) is 66.7 Å². The minimum absolute atomic E-state index is 0.250. The lowest BCUT2D eigenvalue weighted by Crippen LogP contribution is -2.30. The van der Waals surface area contributed by atoms with Crippen molar-refractivity contribution >= 4 is 17.2 Å². The van der Waals surface area contributed by atoms with Gasteiger partial charge in [0.25, 0.3) is 5.91 Å². The fraction of sp³-hybridized carbons (Fsp3) is 0.125. The average molecular weight is 387 g/mol. The predicted octanol–water partition coefficient (Wildman–Crippen LogP) is 4.76. The Bertz CT molecular complexity index is 1040. The van der Waals surface area contributed by atoms with Crippen molar-refractivity contribution in [1.82, 2.24) is 0 Å². The summed E-state index contributed by atoms with van der Waals surface area (Å²) >= 11 is 0. The molecule has 1 aliphatic rings. The second kappa shape index (κ2) is 7.72. The Balaban J connectivity index is 1.85. The van der Waals surface area contributed by atoms with E-state index in [1.54, 1.807) is 31.3 Å². The quantitative estimate of drug-likeness (QED) is 0.686. The second-order valence-electron chi connectivity index (χ2n) is 6.68. The Morgan fingerprint density at radius 2 is 1.34 bits per heavy atom. The van der Waals surface area contributed by atoms with Crippen LogP contribution in [0.5, 0.6) is 11.5 Å². The Morgan fingerprint density at radius 1 is 0.793 bits per heavy atom. The van der Waals surface area contributed by atoms with Crippen LogP contribution in [0, 0.1) is 0 Å². The first-order chi connectivity index (χ1) is 14.1. The lowest BCUT2D eigenvalue weighted by Gasteiger charge is -2.27. The first kappa shape index (κ1) is 18.6. The number of aliphatic hydroxyl groups excluding tert-OH is 1. The summed E-state index contributed by atoms with van der Waals surface area (Å²) < 4.78 is 10.5. The first-order valence-electron chi connectivity index (χ1n) is 9.24. The highest BCUT2D eigenvalue weighted by atomic mass is 16.5. The number of benzene rings is 3. The monoisotopic (exact) mass is 387 g/mol. The van der Waals surface area contributed by atoms with Crippen molar-refractivity contribution in [2.24, 2.45) is 0 Å². The minimum Gasteiger partial charge on any atom is -0.503 e. The van der Waals surface area contributed by atoms with Gasteiger partial charge in [-0.25, -0.2) is 0 Å². The molecule has 1 N–H and O–H groups in total. The number of aliphatic hydroxyl groups is 1. The Morgan fingerprint density at radius 3 is 1.90 bits per heavy atom. The van der Waals surface area contributed by atoms with Crippen LogP contribution in [0.3, 0.4) is 0 Å². The van der Waals surface area contributed by atoms with Crippen LogP contribution in [0.2, 0.25) is 0 Å². The van der Waals surface area contributed by atoms with Crippen LogP contribution in [0.15, 0.2) is 84.6 Å². The van der Waals surface area contributed by atoms with Crippen LogP contribution in [0.4, 0.5) is 5.69 Å². The van der Waals surface area contributed by atoms with Gasteiger partial charge in [-0.1, -0.05) is 42.5 Å². The molecule has 0 aromatic heterocycles. The molecule has 4 rings (SSSR count). The largest absolute Gasteiger partial charge is 0.503 e. The molecule has 1 atom stereocenters. The molecule has 0 spiro atoms. The number of hydrogen-bond acceptors (Lipinski definition) is 4. The molecule has 3 aromatic carbocycles. The summed E-state index contributed by atoms with van der Waals surface area (Å²) in [7, 11) is 3.20. The molecule has 1 heterocycles. The van der Waals surface area contributed by atoms with Crippen LogP contribution in [-0.2, 0) is 4.79 Å². The molecule has 3 aromatic rings. The number of anilines is 1. The zero-order chi connectivity index (χ0) is 20.4. The molecule has 1 amide bonds. The topological polar surface area (TPSA) is 59.0 Å². The maximum absolute atomic E-state index is 13.1. The van der Waals surface area contributed by atoms with Crippen molar-refractivity contribution in [2.45, 2.75) is 6.04 Å². The summed E-state index contributed by atoms with van der Waals surface area (Å²) in [5.41, 5.74) is 2.92. The zero-order valence-electron chi connectivity index (χ0n) is 16.2. The molecule has 5 nitrogen and oxygen atoms in total. The number of carbonyl (C=O) groups excluding carboxylic acids is 1. The number of hydrogen-bond donors (Lipinski definition) is 1. The van der Waals surface area contributed by atoms with Crippen LogP contribution in [-0.4, -0.2) is 25.2 Å². The molecule has 146 valence electrons. The third kappa shape index (κ3) is 3.31. The van der Waals surface area contributed by atoms with Crippen LogP contribution in [0.25, 0.3) is 5.57 Å². The van der Waals surface area contributed by atoms with Crippen LogP contribution < -0.4 is 14.4 Å². The molecule has 1 unspecified atom stereocenters. The number of nitrogens with zero attached hydrogens (tertiary/aromatic N) is 1. The molecule has 1 aliphatic heterocycles. The molecule has 0 aliphatic carbocycles. The third-order valence-electron chi connectivity index (χ3n) is 5.08. The van der Waals surface area contributed by atoms with Gasteiger partial charge in [-0.3, -0.25) is 9.69 Å². The number of amides is 1. The molecule has 0 fully saturated rings. The molecule has 0 bridgehead atoms. The number of ether oxygens (including phenoxy) is 2. The highest BCUT2D eigenvalue weighted by Gasteiger charge is 2.41. The van der Waals surface area contributed by atoms with Crippen molar-refractivity contribution < 1.29 is 19.4 Å². The Kier molecular flexibility index (Phi) is 4.96. The number of rotatable bonds is 5. The molecule has 0 saturated carbocycles. The van der Waals surface area contributed by atoms with E-state index in [9.17, 15) is 9.90 Å². The summed E-state index contributed by atoms with van der Waals surface area (Å²) in [6.45, 7) is 0. The van der Waals surface area contributed by atoms with E-state index in [0.29, 0.717) is 22.8 Å². The summed E-state index contributed by atoms with van der Waals surface area (Å²) in [6, 6.07) is 23.8. The van der Waals surface area contributed by atoms with Crippen molar-refractivity contribution in [1.29, 1.82) is 0 Å². The fourth-order valence-electron chi connectivity index (χ4n) is 3.63. The highest BCUT2D eigenvalue weighted by Crippen LogP contribution is 2.45. The van der Waals surface area contributed by atoms with E-state index >= 15 is 0 Å². The van der Waals surface area contributed by atoms with E-state index in [0.717, 1.165) is 11.1 Å². The van der Waals surface area contributed by atoms with Gasteiger partial charge < -0.3 is 14.6 Å². The van der Waals surface area contributed by atoms with E-state index in [1.165, 1.54) is 0 Å². The molecular formula is C24H21NO4.